The van der Waals surface area contributed by atoms with E-state index in [1.807, 2.05) is 0 Å². The first-order valence-corrected chi connectivity index (χ1v) is 6.98. The number of hydrogen-bond donors (Lipinski definition) is 0. The lowest BCUT2D eigenvalue weighted by Crippen LogP contribution is -2.30. The maximum absolute atomic E-state index is 12.5. The molecule has 0 bridgehead atoms. The third kappa shape index (κ3) is 2.67. The average molecular weight is 317 g/mol. The third-order valence-corrected chi connectivity index (χ3v) is 3.52. The van der Waals surface area contributed by atoms with Gasteiger partial charge in [0.2, 0.25) is 0 Å². The Bertz CT molecular complexity index is 754. The zero-order valence-corrected chi connectivity index (χ0v) is 12.3. The number of nitrogens with zero attached hydrogens (tertiary/aromatic N) is 1. The standard InChI is InChI=1S/C17H13F2NO3/c1-10-6-7-13(14(8-10)23-9-15(18)19)20-16(21)11-4-2-3-5-12(11)17(20)22/h2-8,15H,9H2,1H3. The monoisotopic (exact) mass is 317 g/mol. The molecule has 2 amide bonds. The number of halogens is 2. The lowest BCUT2D eigenvalue weighted by atomic mass is 10.1. The average Bonchev–Trinajstić information content (AvgIpc) is 2.78. The van der Waals surface area contributed by atoms with E-state index in [9.17, 15) is 18.4 Å². The van der Waals surface area contributed by atoms with E-state index >= 15 is 0 Å². The molecule has 118 valence electrons. The molecule has 1 aliphatic rings. The number of hydrogen-bond acceptors (Lipinski definition) is 3. The molecule has 0 N–H and O–H groups in total. The molecule has 3 rings (SSSR count). The van der Waals surface area contributed by atoms with E-state index in [2.05, 4.69) is 0 Å². The number of aryl methyl sites for hydroxylation is 1. The Morgan fingerprint density at radius 1 is 1.04 bits per heavy atom. The summed E-state index contributed by atoms with van der Waals surface area (Å²) in [7, 11) is 0. The zero-order chi connectivity index (χ0) is 16.6. The van der Waals surface area contributed by atoms with Crippen molar-refractivity contribution in [2.45, 2.75) is 13.3 Å². The summed E-state index contributed by atoms with van der Waals surface area (Å²) in [6.07, 6.45) is -2.65. The fourth-order valence-corrected chi connectivity index (χ4v) is 2.48. The molecule has 0 saturated carbocycles. The SMILES string of the molecule is Cc1ccc(N2C(=O)c3ccccc3C2=O)c(OCC(F)F)c1. The van der Waals surface area contributed by atoms with E-state index in [1.165, 1.54) is 12.1 Å². The van der Waals surface area contributed by atoms with Gasteiger partial charge in [0.15, 0.2) is 0 Å². The van der Waals surface area contributed by atoms with Crippen LogP contribution in [0.3, 0.4) is 0 Å². The van der Waals surface area contributed by atoms with E-state index in [0.717, 1.165) is 10.5 Å². The molecule has 0 aliphatic carbocycles. The maximum Gasteiger partial charge on any atom is 0.272 e. The number of rotatable bonds is 4. The van der Waals surface area contributed by atoms with Crippen LogP contribution in [-0.2, 0) is 0 Å². The van der Waals surface area contributed by atoms with Crippen LogP contribution in [0.2, 0.25) is 0 Å². The van der Waals surface area contributed by atoms with Gasteiger partial charge in [-0.3, -0.25) is 9.59 Å². The van der Waals surface area contributed by atoms with Gasteiger partial charge >= 0.3 is 0 Å². The molecular weight excluding hydrogens is 304 g/mol. The van der Waals surface area contributed by atoms with Crippen LogP contribution in [0.5, 0.6) is 5.75 Å². The minimum Gasteiger partial charge on any atom is -0.485 e. The van der Waals surface area contributed by atoms with Crippen LogP contribution >= 0.6 is 0 Å². The summed E-state index contributed by atoms with van der Waals surface area (Å²) >= 11 is 0. The fraction of sp³-hybridized carbons (Fsp3) is 0.176. The first-order chi connectivity index (χ1) is 11.0. The molecular formula is C17H13F2NO3. The number of benzene rings is 2. The molecule has 4 nitrogen and oxygen atoms in total. The second kappa shape index (κ2) is 5.79. The molecule has 2 aromatic rings. The Hall–Kier alpha value is -2.76. The van der Waals surface area contributed by atoms with Gasteiger partial charge in [0.05, 0.1) is 16.8 Å². The van der Waals surface area contributed by atoms with Crippen molar-refractivity contribution < 1.29 is 23.1 Å². The third-order valence-electron chi connectivity index (χ3n) is 3.52. The van der Waals surface area contributed by atoms with Crippen molar-refractivity contribution in [1.29, 1.82) is 0 Å². The molecule has 23 heavy (non-hydrogen) atoms. The minimum absolute atomic E-state index is 0.0832. The largest absolute Gasteiger partial charge is 0.485 e. The number of imide groups is 1. The Balaban J connectivity index is 2.03. The lowest BCUT2D eigenvalue weighted by molar-refractivity contribution is 0.0817. The molecule has 0 unspecified atom stereocenters. The van der Waals surface area contributed by atoms with Gasteiger partial charge in [-0.2, -0.15) is 0 Å². The van der Waals surface area contributed by atoms with E-state index < -0.39 is 24.8 Å². The molecule has 0 aromatic heterocycles. The highest BCUT2D eigenvalue weighted by Gasteiger charge is 2.37. The zero-order valence-electron chi connectivity index (χ0n) is 12.3. The highest BCUT2D eigenvalue weighted by molar-refractivity contribution is 6.34. The highest BCUT2D eigenvalue weighted by Crippen LogP contribution is 2.35. The summed E-state index contributed by atoms with van der Waals surface area (Å²) in [6, 6.07) is 11.2. The van der Waals surface area contributed by atoms with Gasteiger partial charge in [0.25, 0.3) is 18.2 Å². The molecule has 0 fully saturated rings. The second-order valence-electron chi connectivity index (χ2n) is 5.16. The summed E-state index contributed by atoms with van der Waals surface area (Å²) in [5, 5.41) is 0. The fourth-order valence-electron chi connectivity index (χ4n) is 2.48. The van der Waals surface area contributed by atoms with Gasteiger partial charge in [0.1, 0.15) is 12.4 Å². The second-order valence-corrected chi connectivity index (χ2v) is 5.16. The van der Waals surface area contributed by atoms with Crippen molar-refractivity contribution in [3.8, 4) is 5.75 Å². The number of alkyl halides is 2. The number of anilines is 1. The van der Waals surface area contributed by atoms with E-state index in [-0.39, 0.29) is 22.6 Å². The van der Waals surface area contributed by atoms with Crippen molar-refractivity contribution in [2.24, 2.45) is 0 Å². The molecule has 0 atom stereocenters. The lowest BCUT2D eigenvalue weighted by Gasteiger charge is -2.19. The Labute approximate surface area is 131 Å². The summed E-state index contributed by atoms with van der Waals surface area (Å²) in [6.45, 7) is 0.959. The molecule has 2 aromatic carbocycles. The van der Waals surface area contributed by atoms with Crippen molar-refractivity contribution in [2.75, 3.05) is 11.5 Å². The quantitative estimate of drug-likeness (QED) is 0.812. The van der Waals surface area contributed by atoms with E-state index in [1.54, 1.807) is 37.3 Å². The van der Waals surface area contributed by atoms with Crippen LogP contribution in [0, 0.1) is 6.92 Å². The predicted octanol–water partition coefficient (Wildman–Crippen LogP) is 3.44. The number of amides is 2. The van der Waals surface area contributed by atoms with Crippen LogP contribution in [0.1, 0.15) is 26.3 Å². The minimum atomic E-state index is -2.65. The molecule has 6 heteroatoms. The number of fused-ring (bicyclic) bond motifs is 1. The first kappa shape index (κ1) is 15.1. The number of ether oxygens (including phenoxy) is 1. The van der Waals surface area contributed by atoms with Crippen LogP contribution in [0.25, 0.3) is 0 Å². The van der Waals surface area contributed by atoms with E-state index in [0.29, 0.717) is 0 Å². The van der Waals surface area contributed by atoms with Crippen molar-refractivity contribution in [1.82, 2.24) is 0 Å². The highest BCUT2D eigenvalue weighted by atomic mass is 19.3. The van der Waals surface area contributed by atoms with Crippen LogP contribution < -0.4 is 9.64 Å². The van der Waals surface area contributed by atoms with Crippen LogP contribution in [-0.4, -0.2) is 24.8 Å². The summed E-state index contributed by atoms with van der Waals surface area (Å²) in [5.41, 5.74) is 1.52. The Morgan fingerprint density at radius 3 is 2.22 bits per heavy atom. The van der Waals surface area contributed by atoms with Gasteiger partial charge in [-0.25, -0.2) is 13.7 Å². The molecule has 0 saturated heterocycles. The molecule has 1 aliphatic heterocycles. The number of carbonyl (C=O) groups excluding carboxylic acids is 2. The van der Waals surface area contributed by atoms with Gasteiger partial charge < -0.3 is 4.74 Å². The summed E-state index contributed by atoms with van der Waals surface area (Å²) < 4.78 is 29.9. The summed E-state index contributed by atoms with van der Waals surface area (Å²) in [4.78, 5) is 25.9. The van der Waals surface area contributed by atoms with Crippen molar-refractivity contribution >= 4 is 17.5 Å². The van der Waals surface area contributed by atoms with Gasteiger partial charge in [-0.05, 0) is 36.8 Å². The molecule has 0 radical (unpaired) electrons. The summed E-state index contributed by atoms with van der Waals surface area (Å²) in [5.74, 6) is -0.896. The Kier molecular flexibility index (Phi) is 3.82. The molecule has 1 heterocycles. The van der Waals surface area contributed by atoms with E-state index in [4.69, 9.17) is 4.74 Å². The van der Waals surface area contributed by atoms with Crippen LogP contribution in [0.4, 0.5) is 14.5 Å². The smallest absolute Gasteiger partial charge is 0.272 e. The van der Waals surface area contributed by atoms with Crippen molar-refractivity contribution in [3.63, 3.8) is 0 Å². The first-order valence-electron chi connectivity index (χ1n) is 6.98. The number of carbonyl (C=O) groups is 2. The Morgan fingerprint density at radius 2 is 1.65 bits per heavy atom. The van der Waals surface area contributed by atoms with Crippen molar-refractivity contribution in [3.05, 3.63) is 59.2 Å². The maximum atomic E-state index is 12.5. The molecule has 0 spiro atoms. The topological polar surface area (TPSA) is 46.6 Å². The van der Waals surface area contributed by atoms with Gasteiger partial charge in [-0.1, -0.05) is 18.2 Å². The normalized spacial score (nSPS) is 13.7. The predicted molar refractivity (Wildman–Crippen MR) is 80.3 cm³/mol. The van der Waals surface area contributed by atoms with Gasteiger partial charge in [0, 0.05) is 0 Å². The van der Waals surface area contributed by atoms with Gasteiger partial charge in [-0.15, -0.1) is 0 Å². The van der Waals surface area contributed by atoms with Crippen LogP contribution in [0.15, 0.2) is 42.5 Å².